The maximum absolute atomic E-state index is 13.1. The molecule has 3 N–H and O–H groups in total. The number of hydrogen-bond acceptors (Lipinski definition) is 3. The van der Waals surface area contributed by atoms with Gasteiger partial charge in [0.1, 0.15) is 0 Å². The maximum Gasteiger partial charge on any atom is 0.285 e. The van der Waals surface area contributed by atoms with E-state index < -0.39 is 12.5 Å². The number of phenolic OH excluding ortho intramolecular Hbond substituents is 1. The van der Waals surface area contributed by atoms with Gasteiger partial charge in [0.05, 0.1) is 13.7 Å². The number of hydrogen-bond donors (Lipinski definition) is 2. The Balaban J connectivity index is 3.12. The van der Waals surface area contributed by atoms with E-state index in [1.807, 2.05) is 0 Å². The zero-order valence-corrected chi connectivity index (χ0v) is 7.63. The van der Waals surface area contributed by atoms with Crippen LogP contribution in [-0.4, -0.2) is 18.8 Å². The van der Waals surface area contributed by atoms with Crippen molar-refractivity contribution in [3.63, 3.8) is 0 Å². The van der Waals surface area contributed by atoms with Crippen LogP contribution in [0.1, 0.15) is 5.56 Å². The standard InChI is InChI=1S/C9H11F2NO2/c1-14-8-4-6(2-3-7(8)13)9(10,11)5-12/h2-4,13H,5,12H2,1H3. The van der Waals surface area contributed by atoms with E-state index >= 15 is 0 Å². The molecular weight excluding hydrogens is 192 g/mol. The van der Waals surface area contributed by atoms with Gasteiger partial charge in [-0.2, -0.15) is 8.78 Å². The first-order valence-electron chi connectivity index (χ1n) is 3.96. The van der Waals surface area contributed by atoms with E-state index in [0.29, 0.717) is 0 Å². The van der Waals surface area contributed by atoms with Crippen molar-refractivity contribution in [3.8, 4) is 11.5 Å². The van der Waals surface area contributed by atoms with Crippen LogP contribution in [0.3, 0.4) is 0 Å². The lowest BCUT2D eigenvalue weighted by molar-refractivity contribution is 0.00571. The summed E-state index contributed by atoms with van der Waals surface area (Å²) < 4.78 is 30.8. The molecule has 1 rings (SSSR count). The molecule has 0 atom stereocenters. The first-order valence-corrected chi connectivity index (χ1v) is 3.96. The van der Waals surface area contributed by atoms with Crippen molar-refractivity contribution in [2.24, 2.45) is 5.73 Å². The molecule has 0 fully saturated rings. The molecule has 0 aromatic heterocycles. The summed E-state index contributed by atoms with van der Waals surface area (Å²) in [5, 5.41) is 9.17. The van der Waals surface area contributed by atoms with Crippen LogP contribution in [0.2, 0.25) is 0 Å². The molecule has 1 aromatic carbocycles. The van der Waals surface area contributed by atoms with Crippen LogP contribution in [-0.2, 0) is 5.92 Å². The van der Waals surface area contributed by atoms with E-state index in [0.717, 1.165) is 18.2 Å². The van der Waals surface area contributed by atoms with Crippen molar-refractivity contribution in [1.82, 2.24) is 0 Å². The van der Waals surface area contributed by atoms with Crippen molar-refractivity contribution in [2.45, 2.75) is 5.92 Å². The average molecular weight is 203 g/mol. The molecule has 0 amide bonds. The number of alkyl halides is 2. The van der Waals surface area contributed by atoms with Crippen LogP contribution in [0.15, 0.2) is 18.2 Å². The van der Waals surface area contributed by atoms with Crippen LogP contribution in [0.5, 0.6) is 11.5 Å². The third kappa shape index (κ3) is 1.93. The van der Waals surface area contributed by atoms with Gasteiger partial charge in [-0.25, -0.2) is 0 Å². The number of halogens is 2. The monoisotopic (exact) mass is 203 g/mol. The van der Waals surface area contributed by atoms with Gasteiger partial charge in [0.25, 0.3) is 5.92 Å². The molecule has 0 aliphatic carbocycles. The van der Waals surface area contributed by atoms with Gasteiger partial charge in [0.2, 0.25) is 0 Å². The smallest absolute Gasteiger partial charge is 0.285 e. The zero-order valence-electron chi connectivity index (χ0n) is 7.63. The molecule has 0 spiro atoms. The van der Waals surface area contributed by atoms with Crippen LogP contribution in [0, 0.1) is 0 Å². The molecule has 0 aliphatic heterocycles. The molecule has 3 nitrogen and oxygen atoms in total. The van der Waals surface area contributed by atoms with Crippen LogP contribution in [0.25, 0.3) is 0 Å². The molecule has 0 radical (unpaired) electrons. The average Bonchev–Trinajstić information content (AvgIpc) is 2.18. The molecule has 1 aromatic rings. The predicted octanol–water partition coefficient (Wildman–Crippen LogP) is 1.45. The highest BCUT2D eigenvalue weighted by molar-refractivity contribution is 5.43. The Hall–Kier alpha value is -1.36. The Morgan fingerprint density at radius 1 is 1.50 bits per heavy atom. The fraction of sp³-hybridized carbons (Fsp3) is 0.333. The lowest BCUT2D eigenvalue weighted by Gasteiger charge is -2.15. The number of rotatable bonds is 3. The minimum Gasteiger partial charge on any atom is -0.504 e. The molecule has 0 unspecified atom stereocenters. The number of phenols is 1. The summed E-state index contributed by atoms with van der Waals surface area (Å²) >= 11 is 0. The van der Waals surface area contributed by atoms with Crippen LogP contribution < -0.4 is 10.5 Å². The Kier molecular flexibility index (Phi) is 2.90. The van der Waals surface area contributed by atoms with E-state index in [9.17, 15) is 13.9 Å². The molecule has 0 bridgehead atoms. The summed E-state index contributed by atoms with van der Waals surface area (Å²) in [6.07, 6.45) is 0. The number of benzene rings is 1. The van der Waals surface area contributed by atoms with Crippen molar-refractivity contribution in [1.29, 1.82) is 0 Å². The number of nitrogens with two attached hydrogens (primary N) is 1. The first kappa shape index (κ1) is 10.7. The van der Waals surface area contributed by atoms with E-state index in [-0.39, 0.29) is 17.1 Å². The van der Waals surface area contributed by atoms with Crippen molar-refractivity contribution in [2.75, 3.05) is 13.7 Å². The lowest BCUT2D eigenvalue weighted by Crippen LogP contribution is -2.24. The van der Waals surface area contributed by atoms with E-state index in [2.05, 4.69) is 0 Å². The van der Waals surface area contributed by atoms with E-state index in [1.165, 1.54) is 7.11 Å². The van der Waals surface area contributed by atoms with Crippen LogP contribution >= 0.6 is 0 Å². The summed E-state index contributed by atoms with van der Waals surface area (Å²) in [5.41, 5.74) is 4.65. The molecule has 0 saturated heterocycles. The van der Waals surface area contributed by atoms with Gasteiger partial charge < -0.3 is 15.6 Å². The molecule has 14 heavy (non-hydrogen) atoms. The lowest BCUT2D eigenvalue weighted by atomic mass is 10.1. The first-order chi connectivity index (χ1) is 6.51. The second-order valence-corrected chi connectivity index (χ2v) is 2.80. The summed E-state index contributed by atoms with van der Waals surface area (Å²) in [6.45, 7) is -0.777. The Labute approximate surface area is 80.1 Å². The third-order valence-corrected chi connectivity index (χ3v) is 1.86. The number of methoxy groups -OCH3 is 1. The third-order valence-electron chi connectivity index (χ3n) is 1.86. The molecule has 78 valence electrons. The van der Waals surface area contributed by atoms with Gasteiger partial charge in [0, 0.05) is 5.56 Å². The maximum atomic E-state index is 13.1. The summed E-state index contributed by atoms with van der Waals surface area (Å²) in [5.74, 6) is -3.26. The van der Waals surface area contributed by atoms with Crippen molar-refractivity contribution >= 4 is 0 Å². The van der Waals surface area contributed by atoms with E-state index in [4.69, 9.17) is 10.5 Å². The highest BCUT2D eigenvalue weighted by atomic mass is 19.3. The van der Waals surface area contributed by atoms with Crippen LogP contribution in [0.4, 0.5) is 8.78 Å². The highest BCUT2D eigenvalue weighted by Crippen LogP contribution is 2.33. The second kappa shape index (κ2) is 3.79. The SMILES string of the molecule is COc1cc(C(F)(F)CN)ccc1O. The largest absolute Gasteiger partial charge is 0.504 e. The molecule has 5 heteroatoms. The normalized spacial score (nSPS) is 11.4. The number of aromatic hydroxyl groups is 1. The fourth-order valence-electron chi connectivity index (χ4n) is 1.02. The second-order valence-electron chi connectivity index (χ2n) is 2.80. The highest BCUT2D eigenvalue weighted by Gasteiger charge is 2.30. The minimum absolute atomic E-state index is 0.00984. The van der Waals surface area contributed by atoms with Gasteiger partial charge >= 0.3 is 0 Å². The van der Waals surface area contributed by atoms with Crippen molar-refractivity contribution < 1.29 is 18.6 Å². The topological polar surface area (TPSA) is 55.5 Å². The van der Waals surface area contributed by atoms with Gasteiger partial charge in [0.15, 0.2) is 11.5 Å². The van der Waals surface area contributed by atoms with Gasteiger partial charge in [-0.15, -0.1) is 0 Å². The number of ether oxygens (including phenoxy) is 1. The Bertz CT molecular complexity index is 329. The fourth-order valence-corrected chi connectivity index (χ4v) is 1.02. The van der Waals surface area contributed by atoms with E-state index in [1.54, 1.807) is 0 Å². The molecular formula is C9H11F2NO2. The quantitative estimate of drug-likeness (QED) is 0.781. The van der Waals surface area contributed by atoms with Crippen molar-refractivity contribution in [3.05, 3.63) is 23.8 Å². The zero-order chi connectivity index (χ0) is 10.8. The molecule has 0 heterocycles. The molecule has 0 saturated carbocycles. The minimum atomic E-state index is -3.10. The summed E-state index contributed by atoms with van der Waals surface area (Å²) in [7, 11) is 1.29. The van der Waals surface area contributed by atoms with Gasteiger partial charge in [-0.05, 0) is 18.2 Å². The summed E-state index contributed by atoms with van der Waals surface area (Å²) in [4.78, 5) is 0. The Morgan fingerprint density at radius 2 is 2.14 bits per heavy atom. The molecule has 0 aliphatic rings. The van der Waals surface area contributed by atoms with Gasteiger partial charge in [-0.1, -0.05) is 0 Å². The summed E-state index contributed by atoms with van der Waals surface area (Å²) in [6, 6.07) is 3.34. The van der Waals surface area contributed by atoms with Gasteiger partial charge in [-0.3, -0.25) is 0 Å². The predicted molar refractivity (Wildman–Crippen MR) is 47.6 cm³/mol. The Morgan fingerprint density at radius 3 is 2.64 bits per heavy atom.